The summed E-state index contributed by atoms with van der Waals surface area (Å²) in [5.74, 6) is -1.03. The second-order valence-corrected chi connectivity index (χ2v) is 9.42. The molecule has 0 aliphatic carbocycles. The van der Waals surface area contributed by atoms with Gasteiger partial charge in [0.15, 0.2) is 5.13 Å². The van der Waals surface area contributed by atoms with Gasteiger partial charge in [-0.1, -0.05) is 28.1 Å². The van der Waals surface area contributed by atoms with Crippen LogP contribution in [0.1, 0.15) is 34.7 Å². The van der Waals surface area contributed by atoms with Crippen molar-refractivity contribution in [2.24, 2.45) is 0 Å². The molecule has 0 bridgehead atoms. The molecule has 1 fully saturated rings. The van der Waals surface area contributed by atoms with Crippen LogP contribution in [0.2, 0.25) is 0 Å². The van der Waals surface area contributed by atoms with Gasteiger partial charge in [-0.25, -0.2) is 4.98 Å². The first kappa shape index (κ1) is 22.2. The van der Waals surface area contributed by atoms with E-state index in [9.17, 15) is 14.7 Å². The highest BCUT2D eigenvalue weighted by Gasteiger charge is 2.48. The number of hydrogen-bond acceptors (Lipinski definition) is 6. The first-order valence-electron chi connectivity index (χ1n) is 10.1. The largest absolute Gasteiger partial charge is 0.507 e. The highest BCUT2D eigenvalue weighted by Crippen LogP contribution is 2.44. The lowest BCUT2D eigenvalue weighted by molar-refractivity contribution is -0.132. The highest BCUT2D eigenvalue weighted by atomic mass is 79.9. The average Bonchev–Trinajstić information content (AvgIpc) is 3.24. The van der Waals surface area contributed by atoms with Gasteiger partial charge in [-0.3, -0.25) is 14.5 Å². The molecule has 1 saturated heterocycles. The minimum absolute atomic E-state index is 0.0303. The molecule has 32 heavy (non-hydrogen) atoms. The van der Waals surface area contributed by atoms with Crippen LogP contribution in [0, 0.1) is 13.8 Å². The zero-order valence-corrected chi connectivity index (χ0v) is 20.2. The number of anilines is 1. The van der Waals surface area contributed by atoms with Crippen molar-refractivity contribution in [2.75, 3.05) is 11.5 Å². The number of rotatable bonds is 5. The Balaban J connectivity index is 1.90. The Kier molecular flexibility index (Phi) is 6.17. The van der Waals surface area contributed by atoms with E-state index in [1.807, 2.05) is 45.0 Å². The Morgan fingerprint density at radius 1 is 1.19 bits per heavy atom. The van der Waals surface area contributed by atoms with Gasteiger partial charge in [-0.05, 0) is 62.7 Å². The number of thiazole rings is 1. The third kappa shape index (κ3) is 3.96. The van der Waals surface area contributed by atoms with Gasteiger partial charge in [0.2, 0.25) is 0 Å². The fourth-order valence-electron chi connectivity index (χ4n) is 3.61. The first-order chi connectivity index (χ1) is 15.3. The molecule has 8 heteroatoms. The number of Topliss-reactive ketones (excluding diaryl/α,β-unsaturated/α-hetero) is 1. The van der Waals surface area contributed by atoms with E-state index in [0.717, 1.165) is 15.0 Å². The summed E-state index contributed by atoms with van der Waals surface area (Å²) in [6.07, 6.45) is 0. The van der Waals surface area contributed by atoms with Crippen molar-refractivity contribution >= 4 is 49.8 Å². The van der Waals surface area contributed by atoms with Crippen molar-refractivity contribution in [1.29, 1.82) is 0 Å². The van der Waals surface area contributed by atoms with Crippen LogP contribution in [0.15, 0.2) is 58.6 Å². The number of hydrogen-bond donors (Lipinski definition) is 1. The SMILES string of the molecule is CCOc1ccc(C(O)=C2C(=O)C(=O)N(c3nc(C)c(C)s3)[C@H]2c2cccc(Br)c2)cc1. The maximum atomic E-state index is 13.2. The van der Waals surface area contributed by atoms with E-state index >= 15 is 0 Å². The maximum absolute atomic E-state index is 13.2. The van der Waals surface area contributed by atoms with Crippen LogP contribution in [0.5, 0.6) is 5.75 Å². The van der Waals surface area contributed by atoms with Crippen LogP contribution < -0.4 is 9.64 Å². The lowest BCUT2D eigenvalue weighted by Gasteiger charge is -2.23. The number of benzene rings is 2. The van der Waals surface area contributed by atoms with Gasteiger partial charge < -0.3 is 9.84 Å². The van der Waals surface area contributed by atoms with Crippen molar-refractivity contribution in [2.45, 2.75) is 26.8 Å². The number of aromatic nitrogens is 1. The van der Waals surface area contributed by atoms with E-state index in [-0.39, 0.29) is 11.3 Å². The number of carbonyl (C=O) groups is 2. The molecule has 1 aliphatic heterocycles. The number of amides is 1. The van der Waals surface area contributed by atoms with E-state index in [1.165, 1.54) is 16.2 Å². The Bertz CT molecular complexity index is 1210. The molecule has 3 aromatic rings. The normalized spacial score (nSPS) is 17.8. The van der Waals surface area contributed by atoms with Gasteiger partial charge in [0.05, 0.1) is 23.9 Å². The molecule has 4 rings (SSSR count). The van der Waals surface area contributed by atoms with Gasteiger partial charge in [0, 0.05) is 14.9 Å². The number of aliphatic hydroxyl groups is 1. The highest BCUT2D eigenvalue weighted by molar-refractivity contribution is 9.10. The summed E-state index contributed by atoms with van der Waals surface area (Å²) in [5, 5.41) is 11.6. The number of nitrogens with zero attached hydrogens (tertiary/aromatic N) is 2. The third-order valence-corrected chi connectivity index (χ3v) is 6.84. The summed E-state index contributed by atoms with van der Waals surface area (Å²) < 4.78 is 6.26. The van der Waals surface area contributed by atoms with E-state index in [4.69, 9.17) is 4.74 Å². The van der Waals surface area contributed by atoms with E-state index < -0.39 is 17.7 Å². The van der Waals surface area contributed by atoms with Crippen molar-refractivity contribution in [3.63, 3.8) is 0 Å². The van der Waals surface area contributed by atoms with Crippen molar-refractivity contribution in [3.8, 4) is 5.75 Å². The number of ketones is 1. The zero-order valence-electron chi connectivity index (χ0n) is 17.8. The van der Waals surface area contributed by atoms with E-state index in [0.29, 0.717) is 28.6 Å². The van der Waals surface area contributed by atoms with Crippen LogP contribution in [0.4, 0.5) is 5.13 Å². The standard InChI is InChI=1S/C24H21BrN2O4S/c1-4-31-18-10-8-15(9-11-18)21(28)19-20(16-6-5-7-17(25)12-16)27(23(30)22(19)29)24-26-13(2)14(3)32-24/h5-12,20,28H,4H2,1-3H3/t20-/m0/s1. The van der Waals surface area contributed by atoms with Gasteiger partial charge in [-0.15, -0.1) is 11.3 Å². The topological polar surface area (TPSA) is 79.7 Å². The Labute approximate surface area is 198 Å². The second kappa shape index (κ2) is 8.88. The third-order valence-electron chi connectivity index (χ3n) is 5.27. The molecule has 1 amide bonds. The summed E-state index contributed by atoms with van der Waals surface area (Å²) in [6.45, 7) is 6.18. The molecule has 2 aromatic carbocycles. The molecule has 164 valence electrons. The van der Waals surface area contributed by atoms with Gasteiger partial charge in [0.1, 0.15) is 11.5 Å². The van der Waals surface area contributed by atoms with E-state index in [2.05, 4.69) is 20.9 Å². The van der Waals surface area contributed by atoms with Crippen LogP contribution in [-0.4, -0.2) is 28.4 Å². The Morgan fingerprint density at radius 2 is 1.91 bits per heavy atom. The first-order valence-corrected chi connectivity index (χ1v) is 11.7. The summed E-state index contributed by atoms with van der Waals surface area (Å²) in [7, 11) is 0. The lowest BCUT2D eigenvalue weighted by Crippen LogP contribution is -2.29. The molecule has 1 atom stereocenters. The van der Waals surface area contributed by atoms with Gasteiger partial charge >= 0.3 is 5.91 Å². The molecule has 6 nitrogen and oxygen atoms in total. The van der Waals surface area contributed by atoms with Crippen molar-refractivity contribution in [1.82, 2.24) is 4.98 Å². The average molecular weight is 513 g/mol. The monoisotopic (exact) mass is 512 g/mol. The maximum Gasteiger partial charge on any atom is 0.301 e. The zero-order chi connectivity index (χ0) is 23.0. The number of halogens is 1. The molecule has 0 spiro atoms. The molecule has 0 unspecified atom stereocenters. The summed E-state index contributed by atoms with van der Waals surface area (Å²) in [5.41, 5.74) is 1.95. The molecular weight excluding hydrogens is 492 g/mol. The van der Waals surface area contributed by atoms with Crippen molar-refractivity contribution < 1.29 is 19.4 Å². The Hall–Kier alpha value is -2.97. The molecule has 0 saturated carbocycles. The van der Waals surface area contributed by atoms with Crippen LogP contribution in [0.25, 0.3) is 5.76 Å². The number of aryl methyl sites for hydroxylation is 2. The molecule has 0 radical (unpaired) electrons. The summed E-state index contributed by atoms with van der Waals surface area (Å²) >= 11 is 4.81. The predicted octanol–water partition coefficient (Wildman–Crippen LogP) is 5.55. The molecular formula is C24H21BrN2O4S. The molecule has 1 N–H and O–H groups in total. The number of aliphatic hydroxyl groups excluding tert-OH is 1. The fraction of sp³-hybridized carbons (Fsp3) is 0.208. The molecule has 2 heterocycles. The fourth-order valence-corrected chi connectivity index (χ4v) is 4.97. The van der Waals surface area contributed by atoms with Crippen LogP contribution in [-0.2, 0) is 9.59 Å². The minimum Gasteiger partial charge on any atom is -0.507 e. The second-order valence-electron chi connectivity index (χ2n) is 7.32. The number of carbonyl (C=O) groups excluding carboxylic acids is 2. The van der Waals surface area contributed by atoms with E-state index in [1.54, 1.807) is 24.3 Å². The molecule has 1 aliphatic rings. The summed E-state index contributed by atoms with van der Waals surface area (Å²) in [6, 6.07) is 13.3. The Morgan fingerprint density at radius 3 is 2.50 bits per heavy atom. The van der Waals surface area contributed by atoms with Crippen LogP contribution in [0.3, 0.4) is 0 Å². The van der Waals surface area contributed by atoms with Gasteiger partial charge in [-0.2, -0.15) is 0 Å². The minimum atomic E-state index is -0.802. The molecule has 1 aromatic heterocycles. The quantitative estimate of drug-likeness (QED) is 0.275. The number of ether oxygens (including phenoxy) is 1. The lowest BCUT2D eigenvalue weighted by atomic mass is 9.95. The van der Waals surface area contributed by atoms with Crippen molar-refractivity contribution in [3.05, 3.63) is 80.3 Å². The van der Waals surface area contributed by atoms with Gasteiger partial charge in [0.25, 0.3) is 5.78 Å². The predicted molar refractivity (Wildman–Crippen MR) is 128 cm³/mol. The summed E-state index contributed by atoms with van der Waals surface area (Å²) in [4.78, 5) is 33.2. The van der Waals surface area contributed by atoms with Crippen LogP contribution >= 0.6 is 27.3 Å². The smallest absolute Gasteiger partial charge is 0.301 e.